The van der Waals surface area contributed by atoms with Gasteiger partial charge in [-0.1, -0.05) is 13.3 Å². The van der Waals surface area contributed by atoms with Crippen molar-refractivity contribution >= 4 is 18.5 Å². The van der Waals surface area contributed by atoms with Crippen molar-refractivity contribution in [3.8, 4) is 0 Å². The van der Waals surface area contributed by atoms with Crippen molar-refractivity contribution in [3.05, 3.63) is 0 Å². The van der Waals surface area contributed by atoms with Crippen LogP contribution in [0.25, 0.3) is 0 Å². The van der Waals surface area contributed by atoms with Gasteiger partial charge < -0.3 is 15.8 Å². The van der Waals surface area contributed by atoms with Crippen LogP contribution in [0.15, 0.2) is 0 Å². The van der Waals surface area contributed by atoms with Gasteiger partial charge in [-0.15, -0.1) is 12.4 Å². The van der Waals surface area contributed by atoms with Crippen LogP contribution in [0.4, 0.5) is 4.79 Å². The molecule has 0 aromatic carbocycles. The number of halogens is 1. The summed E-state index contributed by atoms with van der Waals surface area (Å²) in [5.41, 5.74) is 5.43. The van der Waals surface area contributed by atoms with Gasteiger partial charge in [0, 0.05) is 12.6 Å². The van der Waals surface area contributed by atoms with E-state index in [-0.39, 0.29) is 24.5 Å². The molecule has 0 saturated heterocycles. The molecule has 0 spiro atoms. The SMILES string of the molecule is CCCCOC(=O)NC[C@H](C)N.Cl. The average Bonchev–Trinajstić information content (AvgIpc) is 2.01. The highest BCUT2D eigenvalue weighted by molar-refractivity contribution is 5.85. The maximum atomic E-state index is 10.8. The minimum atomic E-state index is -0.374. The number of hydrogen-bond acceptors (Lipinski definition) is 3. The summed E-state index contributed by atoms with van der Waals surface area (Å²) >= 11 is 0. The highest BCUT2D eigenvalue weighted by Crippen LogP contribution is 1.88. The summed E-state index contributed by atoms with van der Waals surface area (Å²) in [7, 11) is 0. The zero-order valence-electron chi connectivity index (χ0n) is 8.21. The molecule has 0 aromatic rings. The Labute approximate surface area is 85.6 Å². The van der Waals surface area contributed by atoms with Crippen molar-refractivity contribution in [2.24, 2.45) is 5.73 Å². The van der Waals surface area contributed by atoms with Crippen LogP contribution in [-0.4, -0.2) is 25.3 Å². The molecule has 5 heteroatoms. The lowest BCUT2D eigenvalue weighted by Crippen LogP contribution is -2.35. The Balaban J connectivity index is 0. The first-order valence-corrected chi connectivity index (χ1v) is 4.33. The van der Waals surface area contributed by atoms with E-state index in [4.69, 9.17) is 10.5 Å². The second-order valence-corrected chi connectivity index (χ2v) is 2.85. The van der Waals surface area contributed by atoms with Gasteiger partial charge in [0.1, 0.15) is 0 Å². The minimum absolute atomic E-state index is 0. The van der Waals surface area contributed by atoms with Gasteiger partial charge in [0.25, 0.3) is 0 Å². The molecule has 0 aliphatic rings. The molecular formula is C8H19ClN2O2. The predicted molar refractivity (Wildman–Crippen MR) is 55.2 cm³/mol. The molecule has 3 N–H and O–H groups in total. The van der Waals surface area contributed by atoms with E-state index in [9.17, 15) is 4.79 Å². The second-order valence-electron chi connectivity index (χ2n) is 2.85. The molecule has 0 fully saturated rings. The van der Waals surface area contributed by atoms with Crippen LogP contribution >= 0.6 is 12.4 Å². The van der Waals surface area contributed by atoms with Crippen LogP contribution in [0.1, 0.15) is 26.7 Å². The van der Waals surface area contributed by atoms with Crippen molar-refractivity contribution in [2.45, 2.75) is 32.7 Å². The predicted octanol–water partition coefficient (Wildman–Crippen LogP) is 1.28. The molecular weight excluding hydrogens is 192 g/mol. The lowest BCUT2D eigenvalue weighted by atomic mass is 10.4. The molecule has 0 unspecified atom stereocenters. The highest BCUT2D eigenvalue weighted by atomic mass is 35.5. The fourth-order valence-corrected chi connectivity index (χ4v) is 0.605. The fraction of sp³-hybridized carbons (Fsp3) is 0.875. The third kappa shape index (κ3) is 11.5. The standard InChI is InChI=1S/C8H18N2O2.ClH/c1-3-4-5-12-8(11)10-6-7(2)9;/h7H,3-6,9H2,1-2H3,(H,10,11);1H/t7-;/m0./s1. The molecule has 1 amide bonds. The normalized spacial score (nSPS) is 11.3. The molecule has 0 rings (SSSR count). The van der Waals surface area contributed by atoms with Crippen LogP contribution < -0.4 is 11.1 Å². The molecule has 0 aliphatic carbocycles. The molecule has 0 saturated carbocycles. The summed E-state index contributed by atoms with van der Waals surface area (Å²) < 4.78 is 4.83. The summed E-state index contributed by atoms with van der Waals surface area (Å²) in [6.45, 7) is 4.82. The van der Waals surface area contributed by atoms with E-state index in [0.29, 0.717) is 13.2 Å². The number of carbonyl (C=O) groups is 1. The smallest absolute Gasteiger partial charge is 0.407 e. The summed E-state index contributed by atoms with van der Waals surface area (Å²) in [5, 5.41) is 2.55. The Bertz CT molecular complexity index is 131. The van der Waals surface area contributed by atoms with Gasteiger partial charge in [-0.3, -0.25) is 0 Å². The number of nitrogens with one attached hydrogen (secondary N) is 1. The number of hydrogen-bond donors (Lipinski definition) is 2. The van der Waals surface area contributed by atoms with Crippen LogP contribution in [0, 0.1) is 0 Å². The molecule has 0 radical (unpaired) electrons. The van der Waals surface area contributed by atoms with Crippen LogP contribution in [0.5, 0.6) is 0 Å². The lowest BCUT2D eigenvalue weighted by Gasteiger charge is -2.07. The zero-order chi connectivity index (χ0) is 9.40. The third-order valence-corrected chi connectivity index (χ3v) is 1.30. The number of carbonyl (C=O) groups excluding carboxylic acids is 1. The lowest BCUT2D eigenvalue weighted by molar-refractivity contribution is 0.144. The molecule has 0 aromatic heterocycles. The highest BCUT2D eigenvalue weighted by Gasteiger charge is 2.01. The number of rotatable bonds is 5. The average molecular weight is 211 g/mol. The van der Waals surface area contributed by atoms with Crippen LogP contribution in [0.2, 0.25) is 0 Å². The number of unbranched alkanes of at least 4 members (excludes halogenated alkanes) is 1. The van der Waals surface area contributed by atoms with Crippen molar-refractivity contribution in [1.82, 2.24) is 5.32 Å². The van der Waals surface area contributed by atoms with E-state index < -0.39 is 0 Å². The van der Waals surface area contributed by atoms with Crippen LogP contribution in [-0.2, 0) is 4.74 Å². The van der Waals surface area contributed by atoms with Gasteiger partial charge in [-0.05, 0) is 13.3 Å². The fourth-order valence-electron chi connectivity index (χ4n) is 0.605. The summed E-state index contributed by atoms with van der Waals surface area (Å²) in [4.78, 5) is 10.8. The van der Waals surface area contributed by atoms with Crippen molar-refractivity contribution in [1.29, 1.82) is 0 Å². The maximum Gasteiger partial charge on any atom is 0.407 e. The Morgan fingerprint density at radius 2 is 2.23 bits per heavy atom. The molecule has 1 atom stereocenters. The summed E-state index contributed by atoms with van der Waals surface area (Å²) in [6.07, 6.45) is 1.56. The van der Waals surface area contributed by atoms with Gasteiger partial charge in [-0.2, -0.15) is 0 Å². The van der Waals surface area contributed by atoms with Crippen molar-refractivity contribution < 1.29 is 9.53 Å². The van der Waals surface area contributed by atoms with Gasteiger partial charge >= 0.3 is 6.09 Å². The molecule has 80 valence electrons. The van der Waals surface area contributed by atoms with Crippen LogP contribution in [0.3, 0.4) is 0 Å². The Morgan fingerprint density at radius 1 is 1.62 bits per heavy atom. The van der Waals surface area contributed by atoms with E-state index in [1.54, 1.807) is 0 Å². The Hall–Kier alpha value is -0.480. The monoisotopic (exact) mass is 210 g/mol. The molecule has 0 bridgehead atoms. The van der Waals surface area contributed by atoms with Crippen molar-refractivity contribution in [2.75, 3.05) is 13.2 Å². The topological polar surface area (TPSA) is 64.3 Å². The molecule has 0 heterocycles. The first kappa shape index (κ1) is 15.0. The van der Waals surface area contributed by atoms with Gasteiger partial charge in [0.2, 0.25) is 0 Å². The maximum absolute atomic E-state index is 10.8. The van der Waals surface area contributed by atoms with E-state index in [1.165, 1.54) is 0 Å². The van der Waals surface area contributed by atoms with Gasteiger partial charge in [-0.25, -0.2) is 4.79 Å². The second kappa shape index (κ2) is 9.61. The van der Waals surface area contributed by atoms with E-state index in [0.717, 1.165) is 12.8 Å². The van der Waals surface area contributed by atoms with Crippen molar-refractivity contribution in [3.63, 3.8) is 0 Å². The quantitative estimate of drug-likeness (QED) is 0.672. The minimum Gasteiger partial charge on any atom is -0.450 e. The number of ether oxygens (including phenoxy) is 1. The van der Waals surface area contributed by atoms with E-state index >= 15 is 0 Å². The first-order valence-electron chi connectivity index (χ1n) is 4.33. The molecule has 0 aliphatic heterocycles. The van der Waals surface area contributed by atoms with Gasteiger partial charge in [0.15, 0.2) is 0 Å². The number of nitrogens with two attached hydrogens (primary N) is 1. The Kier molecular flexibility index (Phi) is 11.1. The summed E-state index contributed by atoms with van der Waals surface area (Å²) in [5.74, 6) is 0. The first-order chi connectivity index (χ1) is 5.66. The van der Waals surface area contributed by atoms with E-state index in [1.807, 2.05) is 13.8 Å². The molecule has 4 nitrogen and oxygen atoms in total. The summed E-state index contributed by atoms with van der Waals surface area (Å²) in [6, 6.07) is -0.0243. The van der Waals surface area contributed by atoms with Gasteiger partial charge in [0.05, 0.1) is 6.61 Å². The zero-order valence-corrected chi connectivity index (χ0v) is 9.02. The molecule has 13 heavy (non-hydrogen) atoms. The third-order valence-electron chi connectivity index (χ3n) is 1.30. The number of amides is 1. The van der Waals surface area contributed by atoms with E-state index in [2.05, 4.69) is 5.32 Å². The Morgan fingerprint density at radius 3 is 2.69 bits per heavy atom. The number of alkyl carbamates (subject to hydrolysis) is 1. The largest absolute Gasteiger partial charge is 0.450 e.